The summed E-state index contributed by atoms with van der Waals surface area (Å²) in [7, 11) is -3.22. The van der Waals surface area contributed by atoms with E-state index in [4.69, 9.17) is 9.97 Å². The summed E-state index contributed by atoms with van der Waals surface area (Å²) in [6.45, 7) is 1.03. The zero-order chi connectivity index (χ0) is 22.6. The Hall–Kier alpha value is -2.62. The number of pyridine rings is 2. The monoisotopic (exact) mass is 479 g/mol. The first-order valence-corrected chi connectivity index (χ1v) is 14.0. The molecule has 0 bridgehead atoms. The quantitative estimate of drug-likeness (QED) is 0.433. The molecule has 1 saturated heterocycles. The van der Waals surface area contributed by atoms with Gasteiger partial charge in [-0.3, -0.25) is 4.98 Å². The highest BCUT2D eigenvalue weighted by atomic mass is 32.2. The highest BCUT2D eigenvalue weighted by molar-refractivity contribution is 7.88. The number of aromatic nitrogens is 3. The van der Waals surface area contributed by atoms with Crippen LogP contribution in [0.3, 0.4) is 0 Å². The van der Waals surface area contributed by atoms with Gasteiger partial charge < -0.3 is 5.32 Å². The second kappa shape index (κ2) is 8.00. The fraction of sp³-hybridized carbons (Fsp3) is 0.375. The molecule has 4 heterocycles. The van der Waals surface area contributed by atoms with E-state index in [0.717, 1.165) is 46.5 Å². The van der Waals surface area contributed by atoms with Gasteiger partial charge in [0.2, 0.25) is 10.0 Å². The molecule has 3 aromatic heterocycles. The fourth-order valence-electron chi connectivity index (χ4n) is 4.55. The van der Waals surface area contributed by atoms with Crippen molar-refractivity contribution in [3.63, 3.8) is 0 Å². The van der Waals surface area contributed by atoms with Crippen molar-refractivity contribution in [2.24, 2.45) is 0 Å². The zero-order valence-electron chi connectivity index (χ0n) is 18.4. The van der Waals surface area contributed by atoms with Crippen LogP contribution >= 0.6 is 11.3 Å². The highest BCUT2D eigenvalue weighted by Gasteiger charge is 2.29. The van der Waals surface area contributed by atoms with Crippen LogP contribution in [0.1, 0.15) is 48.2 Å². The molecule has 0 amide bonds. The van der Waals surface area contributed by atoms with Crippen LogP contribution in [-0.2, 0) is 10.0 Å². The molecule has 1 aliphatic carbocycles. The Bertz CT molecular complexity index is 1460. The van der Waals surface area contributed by atoms with E-state index < -0.39 is 10.0 Å². The standard InChI is InChI=1S/C24H25N5O2S2/c1-33(30,31)29-11-3-4-16(14-29)20-13-21-18(5-2-10-25-21)23(27-20)26-17-8-9-19-22(12-17)32-24(28-19)15-6-7-15/h2,5,8-10,12-13,15-16H,3-4,6-7,11,14H2,1H3,(H,26,27). The number of anilines is 2. The van der Waals surface area contributed by atoms with Gasteiger partial charge in [-0.2, -0.15) is 0 Å². The van der Waals surface area contributed by atoms with Crippen LogP contribution < -0.4 is 5.32 Å². The van der Waals surface area contributed by atoms with Crippen molar-refractivity contribution < 1.29 is 8.42 Å². The van der Waals surface area contributed by atoms with Gasteiger partial charge in [-0.15, -0.1) is 11.3 Å². The number of benzene rings is 1. The number of nitrogens with zero attached hydrogens (tertiary/aromatic N) is 4. The number of sulfonamides is 1. The van der Waals surface area contributed by atoms with E-state index in [2.05, 4.69) is 22.4 Å². The number of hydrogen-bond acceptors (Lipinski definition) is 7. The molecule has 0 spiro atoms. The first-order chi connectivity index (χ1) is 15.9. The number of fused-ring (bicyclic) bond motifs is 2. The summed E-state index contributed by atoms with van der Waals surface area (Å²) in [5, 5.41) is 5.69. The molecule has 1 N–H and O–H groups in total. The highest BCUT2D eigenvalue weighted by Crippen LogP contribution is 2.43. The maximum absolute atomic E-state index is 12.1. The van der Waals surface area contributed by atoms with Gasteiger partial charge in [0, 0.05) is 47.9 Å². The third-order valence-electron chi connectivity index (χ3n) is 6.48. The minimum atomic E-state index is -3.22. The minimum Gasteiger partial charge on any atom is -0.340 e. The second-order valence-electron chi connectivity index (χ2n) is 9.06. The average molecular weight is 480 g/mol. The maximum atomic E-state index is 12.1. The molecule has 1 unspecified atom stereocenters. The van der Waals surface area contributed by atoms with E-state index in [0.29, 0.717) is 19.0 Å². The molecule has 1 aromatic carbocycles. The zero-order valence-corrected chi connectivity index (χ0v) is 20.0. The van der Waals surface area contributed by atoms with Gasteiger partial charge in [-0.1, -0.05) is 0 Å². The first-order valence-electron chi connectivity index (χ1n) is 11.3. The van der Waals surface area contributed by atoms with Crippen molar-refractivity contribution >= 4 is 54.0 Å². The van der Waals surface area contributed by atoms with Crippen molar-refractivity contribution in [3.8, 4) is 0 Å². The fourth-order valence-corrected chi connectivity index (χ4v) is 6.63. The topological polar surface area (TPSA) is 88.1 Å². The van der Waals surface area contributed by atoms with Gasteiger partial charge in [0.25, 0.3) is 0 Å². The predicted octanol–water partition coefficient (Wildman–Crippen LogP) is 5.00. The lowest BCUT2D eigenvalue weighted by molar-refractivity contribution is 0.315. The SMILES string of the molecule is CS(=O)(=O)N1CCCC(c2cc3ncccc3c(Nc3ccc4nc(C5CC5)sc4c3)n2)C1. The predicted molar refractivity (Wildman–Crippen MR) is 133 cm³/mol. The van der Waals surface area contributed by atoms with Gasteiger partial charge >= 0.3 is 0 Å². The molecule has 2 fully saturated rings. The van der Waals surface area contributed by atoms with Crippen molar-refractivity contribution in [1.29, 1.82) is 0 Å². The molecule has 6 rings (SSSR count). The number of hydrogen-bond donors (Lipinski definition) is 1. The lowest BCUT2D eigenvalue weighted by atomic mass is 9.95. The first kappa shape index (κ1) is 20.9. The van der Waals surface area contributed by atoms with Gasteiger partial charge in [-0.05, 0) is 62.1 Å². The Morgan fingerprint density at radius 1 is 1.06 bits per heavy atom. The van der Waals surface area contributed by atoms with Gasteiger partial charge in [-0.25, -0.2) is 22.7 Å². The summed E-state index contributed by atoms with van der Waals surface area (Å²) in [4.78, 5) is 14.3. The Kier molecular flexibility index (Phi) is 5.08. The molecule has 9 heteroatoms. The Balaban J connectivity index is 1.36. The Morgan fingerprint density at radius 3 is 2.76 bits per heavy atom. The van der Waals surface area contributed by atoms with E-state index in [1.807, 2.05) is 24.3 Å². The van der Waals surface area contributed by atoms with Gasteiger partial charge in [0.1, 0.15) is 5.82 Å². The molecule has 7 nitrogen and oxygen atoms in total. The van der Waals surface area contributed by atoms with Gasteiger partial charge in [0.05, 0.1) is 27.0 Å². The molecule has 170 valence electrons. The van der Waals surface area contributed by atoms with Gasteiger partial charge in [0.15, 0.2) is 0 Å². The summed E-state index contributed by atoms with van der Waals surface area (Å²) in [5.74, 6) is 1.44. The Labute approximate surface area is 196 Å². The van der Waals surface area contributed by atoms with Crippen LogP contribution in [0, 0.1) is 0 Å². The van der Waals surface area contributed by atoms with E-state index >= 15 is 0 Å². The minimum absolute atomic E-state index is 0.0468. The van der Waals surface area contributed by atoms with E-state index in [1.165, 1.54) is 28.8 Å². The number of piperidine rings is 1. The van der Waals surface area contributed by atoms with Crippen LogP contribution in [0.5, 0.6) is 0 Å². The Morgan fingerprint density at radius 2 is 1.94 bits per heavy atom. The largest absolute Gasteiger partial charge is 0.340 e. The van der Waals surface area contributed by atoms with Crippen LogP contribution in [0.4, 0.5) is 11.5 Å². The number of thiazole rings is 1. The second-order valence-corrected chi connectivity index (χ2v) is 12.1. The van der Waals surface area contributed by atoms with E-state index in [1.54, 1.807) is 21.8 Å². The number of rotatable bonds is 5. The lowest BCUT2D eigenvalue weighted by Crippen LogP contribution is -2.38. The van der Waals surface area contributed by atoms with Crippen molar-refractivity contribution in [3.05, 3.63) is 53.3 Å². The molecule has 1 aliphatic heterocycles. The molecular weight excluding hydrogens is 454 g/mol. The van der Waals surface area contributed by atoms with Crippen LogP contribution in [-0.4, -0.2) is 47.0 Å². The molecule has 0 radical (unpaired) electrons. The van der Waals surface area contributed by atoms with Crippen LogP contribution in [0.15, 0.2) is 42.6 Å². The molecular formula is C24H25N5O2S2. The number of nitrogens with one attached hydrogen (secondary N) is 1. The summed E-state index contributed by atoms with van der Waals surface area (Å²) in [5.41, 5.74) is 3.75. The average Bonchev–Trinajstić information content (AvgIpc) is 3.58. The van der Waals surface area contributed by atoms with E-state index in [-0.39, 0.29) is 5.92 Å². The molecule has 33 heavy (non-hydrogen) atoms. The molecule has 2 aliphatic rings. The van der Waals surface area contributed by atoms with Crippen LogP contribution in [0.25, 0.3) is 21.1 Å². The van der Waals surface area contributed by atoms with Crippen molar-refractivity contribution in [2.75, 3.05) is 24.7 Å². The summed E-state index contributed by atoms with van der Waals surface area (Å²) in [6, 6.07) is 12.2. The summed E-state index contributed by atoms with van der Waals surface area (Å²) >= 11 is 1.78. The van der Waals surface area contributed by atoms with Crippen LogP contribution in [0.2, 0.25) is 0 Å². The van der Waals surface area contributed by atoms with Crippen molar-refractivity contribution in [1.82, 2.24) is 19.3 Å². The van der Waals surface area contributed by atoms with Crippen molar-refractivity contribution in [2.45, 2.75) is 37.5 Å². The maximum Gasteiger partial charge on any atom is 0.211 e. The molecule has 4 aromatic rings. The summed E-state index contributed by atoms with van der Waals surface area (Å²) < 4.78 is 27.0. The molecule has 1 saturated carbocycles. The molecule has 1 atom stereocenters. The third kappa shape index (κ3) is 4.20. The smallest absolute Gasteiger partial charge is 0.211 e. The normalized spacial score (nSPS) is 19.8. The summed E-state index contributed by atoms with van der Waals surface area (Å²) in [6.07, 6.45) is 7.29. The lowest BCUT2D eigenvalue weighted by Gasteiger charge is -2.30. The third-order valence-corrected chi connectivity index (χ3v) is 8.94. The van der Waals surface area contributed by atoms with E-state index in [9.17, 15) is 8.42 Å².